The SMILES string of the molecule is C[S+](C)OC1c2ccccc2-c2ccccc21. The molecule has 0 bridgehead atoms. The van der Waals surface area contributed by atoms with Crippen LogP contribution in [0, 0.1) is 0 Å². The van der Waals surface area contributed by atoms with Gasteiger partial charge in [-0.2, -0.15) is 4.18 Å². The van der Waals surface area contributed by atoms with Crippen molar-refractivity contribution in [2.75, 3.05) is 12.5 Å². The second-order valence-electron chi connectivity index (χ2n) is 4.39. The average molecular weight is 243 g/mol. The van der Waals surface area contributed by atoms with Crippen LogP contribution in [0.15, 0.2) is 48.5 Å². The smallest absolute Gasteiger partial charge is 0.162 e. The van der Waals surface area contributed by atoms with E-state index in [1.165, 1.54) is 22.3 Å². The standard InChI is InChI=1S/C15H15OS/c1-17(2)16-15-13-9-5-3-7-11(13)12-8-4-6-10-14(12)15/h3-10,15H,1-2H3/q+1. The van der Waals surface area contributed by atoms with Gasteiger partial charge in [-0.15, -0.1) is 0 Å². The molecule has 0 atom stereocenters. The number of fused-ring (bicyclic) bond motifs is 3. The molecule has 0 aliphatic heterocycles. The van der Waals surface area contributed by atoms with Crippen molar-refractivity contribution in [1.29, 1.82) is 0 Å². The predicted octanol–water partition coefficient (Wildman–Crippen LogP) is 3.57. The van der Waals surface area contributed by atoms with Crippen molar-refractivity contribution in [2.45, 2.75) is 6.10 Å². The zero-order chi connectivity index (χ0) is 11.8. The van der Waals surface area contributed by atoms with E-state index >= 15 is 0 Å². The van der Waals surface area contributed by atoms with E-state index < -0.39 is 0 Å². The van der Waals surface area contributed by atoms with Crippen LogP contribution in [0.5, 0.6) is 0 Å². The van der Waals surface area contributed by atoms with Crippen LogP contribution in [-0.2, 0) is 15.4 Å². The van der Waals surface area contributed by atoms with Gasteiger partial charge < -0.3 is 0 Å². The summed E-state index contributed by atoms with van der Waals surface area (Å²) in [5.74, 6) is 0. The minimum absolute atomic E-state index is 0.0200. The van der Waals surface area contributed by atoms with Gasteiger partial charge in [0.2, 0.25) is 0 Å². The van der Waals surface area contributed by atoms with E-state index in [0.29, 0.717) is 0 Å². The third-order valence-corrected chi connectivity index (χ3v) is 3.64. The summed E-state index contributed by atoms with van der Waals surface area (Å²) in [5.41, 5.74) is 5.24. The molecule has 0 aromatic heterocycles. The summed E-state index contributed by atoms with van der Waals surface area (Å²) in [4.78, 5) is 0. The summed E-state index contributed by atoms with van der Waals surface area (Å²) in [7, 11) is 0. The molecule has 2 aromatic rings. The Hall–Kier alpha value is -1.25. The van der Waals surface area contributed by atoms with Crippen molar-refractivity contribution in [3.8, 4) is 11.1 Å². The third kappa shape index (κ3) is 1.78. The first-order valence-electron chi connectivity index (χ1n) is 5.70. The monoisotopic (exact) mass is 243 g/mol. The predicted molar refractivity (Wildman–Crippen MR) is 74.0 cm³/mol. The molecule has 0 spiro atoms. The lowest BCUT2D eigenvalue weighted by Crippen LogP contribution is -2.08. The lowest BCUT2D eigenvalue weighted by atomic mass is 10.1. The molecule has 0 N–H and O–H groups in total. The summed E-state index contributed by atoms with van der Waals surface area (Å²) in [5, 5.41) is 0. The van der Waals surface area contributed by atoms with E-state index in [1.54, 1.807) is 0 Å². The highest BCUT2D eigenvalue weighted by atomic mass is 32.2. The highest BCUT2D eigenvalue weighted by Gasteiger charge is 2.32. The molecule has 1 aliphatic rings. The molecule has 0 radical (unpaired) electrons. The van der Waals surface area contributed by atoms with Gasteiger partial charge in [0.25, 0.3) is 0 Å². The van der Waals surface area contributed by atoms with Gasteiger partial charge in [-0.05, 0) is 22.3 Å². The van der Waals surface area contributed by atoms with E-state index in [9.17, 15) is 0 Å². The molecule has 3 rings (SSSR count). The maximum Gasteiger partial charge on any atom is 0.165 e. The van der Waals surface area contributed by atoms with Crippen LogP contribution in [0.3, 0.4) is 0 Å². The molecule has 0 amide bonds. The molecule has 0 fully saturated rings. The second kappa shape index (κ2) is 4.21. The zero-order valence-electron chi connectivity index (χ0n) is 10.0. The Balaban J connectivity index is 2.17. The van der Waals surface area contributed by atoms with Gasteiger partial charge in [0, 0.05) is 0 Å². The minimum atomic E-state index is -0.0200. The topological polar surface area (TPSA) is 9.23 Å². The first kappa shape index (κ1) is 10.9. The molecule has 0 heterocycles. The van der Waals surface area contributed by atoms with Crippen molar-refractivity contribution in [3.63, 3.8) is 0 Å². The van der Waals surface area contributed by atoms with Crippen LogP contribution in [0.1, 0.15) is 17.2 Å². The first-order chi connectivity index (χ1) is 8.27. The minimum Gasteiger partial charge on any atom is -0.162 e. The molecular weight excluding hydrogens is 228 g/mol. The van der Waals surface area contributed by atoms with Crippen LogP contribution in [0.2, 0.25) is 0 Å². The van der Waals surface area contributed by atoms with Crippen LogP contribution in [-0.4, -0.2) is 12.5 Å². The summed E-state index contributed by atoms with van der Waals surface area (Å²) >= 11 is -0.0200. The molecule has 0 saturated carbocycles. The molecule has 86 valence electrons. The lowest BCUT2D eigenvalue weighted by molar-refractivity contribution is 0.294. The number of benzene rings is 2. The van der Waals surface area contributed by atoms with Gasteiger partial charge >= 0.3 is 0 Å². The largest absolute Gasteiger partial charge is 0.165 e. The van der Waals surface area contributed by atoms with Crippen LogP contribution in [0.4, 0.5) is 0 Å². The molecule has 1 aliphatic carbocycles. The lowest BCUT2D eigenvalue weighted by Gasteiger charge is -2.09. The molecule has 0 unspecified atom stereocenters. The van der Waals surface area contributed by atoms with Gasteiger partial charge in [0.05, 0.1) is 0 Å². The summed E-state index contributed by atoms with van der Waals surface area (Å²) in [6, 6.07) is 17.1. The maximum absolute atomic E-state index is 6.09. The third-order valence-electron chi connectivity index (χ3n) is 3.07. The Kier molecular flexibility index (Phi) is 2.69. The molecule has 17 heavy (non-hydrogen) atoms. The molecule has 1 nitrogen and oxygen atoms in total. The Labute approximate surface area is 105 Å². The number of hydrogen-bond donors (Lipinski definition) is 0. The van der Waals surface area contributed by atoms with E-state index in [0.717, 1.165) is 0 Å². The maximum atomic E-state index is 6.09. The van der Waals surface area contributed by atoms with Crippen molar-refractivity contribution in [1.82, 2.24) is 0 Å². The molecule has 2 heteroatoms. The highest BCUT2D eigenvalue weighted by Crippen LogP contribution is 2.45. The second-order valence-corrected chi connectivity index (χ2v) is 6.07. The van der Waals surface area contributed by atoms with E-state index in [2.05, 4.69) is 61.0 Å². The quantitative estimate of drug-likeness (QED) is 0.733. The normalized spacial score (nSPS) is 13.8. The van der Waals surface area contributed by atoms with Crippen LogP contribution in [0.25, 0.3) is 11.1 Å². The van der Waals surface area contributed by atoms with E-state index in [-0.39, 0.29) is 17.3 Å². The van der Waals surface area contributed by atoms with Gasteiger partial charge in [-0.1, -0.05) is 48.5 Å². The highest BCUT2D eigenvalue weighted by molar-refractivity contribution is 7.90. The van der Waals surface area contributed by atoms with Crippen molar-refractivity contribution >= 4 is 11.2 Å². The van der Waals surface area contributed by atoms with Crippen molar-refractivity contribution < 1.29 is 4.18 Å². The van der Waals surface area contributed by atoms with E-state index in [1.807, 2.05) is 0 Å². The Bertz CT molecular complexity index is 503. The fourth-order valence-electron chi connectivity index (χ4n) is 2.41. The zero-order valence-corrected chi connectivity index (χ0v) is 10.8. The Morgan fingerprint density at radius 1 is 0.824 bits per heavy atom. The summed E-state index contributed by atoms with van der Waals surface area (Å²) < 4.78 is 6.09. The fourth-order valence-corrected chi connectivity index (χ4v) is 3.00. The van der Waals surface area contributed by atoms with Crippen LogP contribution >= 0.6 is 0 Å². The molecule has 2 aromatic carbocycles. The Morgan fingerprint density at radius 2 is 1.29 bits per heavy atom. The molecule has 0 saturated heterocycles. The van der Waals surface area contributed by atoms with Gasteiger partial charge in [-0.25, -0.2) is 0 Å². The fraction of sp³-hybridized carbons (Fsp3) is 0.200. The van der Waals surface area contributed by atoms with Crippen LogP contribution < -0.4 is 0 Å². The van der Waals surface area contributed by atoms with Gasteiger partial charge in [-0.3, -0.25) is 0 Å². The Morgan fingerprint density at radius 3 is 1.76 bits per heavy atom. The average Bonchev–Trinajstić information content (AvgIpc) is 2.65. The summed E-state index contributed by atoms with van der Waals surface area (Å²) in [6.07, 6.45) is 4.34. The van der Waals surface area contributed by atoms with Crippen molar-refractivity contribution in [2.24, 2.45) is 0 Å². The van der Waals surface area contributed by atoms with Gasteiger partial charge in [0.1, 0.15) is 23.7 Å². The molecular formula is C15H15OS+. The van der Waals surface area contributed by atoms with Crippen molar-refractivity contribution in [3.05, 3.63) is 59.7 Å². The number of rotatable bonds is 2. The van der Waals surface area contributed by atoms with Gasteiger partial charge in [0.15, 0.2) is 6.10 Å². The first-order valence-corrected chi connectivity index (χ1v) is 7.67. The summed E-state index contributed by atoms with van der Waals surface area (Å²) in [6.45, 7) is 0. The number of hydrogen-bond acceptors (Lipinski definition) is 1. The van der Waals surface area contributed by atoms with E-state index in [4.69, 9.17) is 4.18 Å².